The Bertz CT molecular complexity index is 389. The molecule has 1 aromatic heterocycles. The molecule has 0 aliphatic carbocycles. The van der Waals surface area contributed by atoms with Gasteiger partial charge in [0, 0.05) is 25.3 Å². The number of aromatic nitrogens is 1. The highest BCUT2D eigenvalue weighted by Crippen LogP contribution is 2.21. The third kappa shape index (κ3) is 3.91. The number of anilines is 1. The average Bonchev–Trinajstić information content (AvgIpc) is 2.45. The predicted molar refractivity (Wildman–Crippen MR) is 78.4 cm³/mol. The summed E-state index contributed by atoms with van der Waals surface area (Å²) in [6.07, 6.45) is 4.58. The number of aliphatic hydroxyl groups excluding tert-OH is 1. The van der Waals surface area contributed by atoms with Crippen molar-refractivity contribution >= 4 is 5.82 Å². The molecule has 2 rings (SSSR count). The van der Waals surface area contributed by atoms with E-state index in [9.17, 15) is 5.11 Å². The standard InChI is InChI=1S/C15H25N3O/c1-3-7-16-12(2)13-4-8-17-15(11-13)18-9-5-14(19)6-10-18/h4,8,11-12,14,16,19H,3,5-7,9-10H2,1-2H3. The molecule has 1 saturated heterocycles. The molecule has 0 aromatic carbocycles. The third-order valence-electron chi connectivity index (χ3n) is 3.76. The fraction of sp³-hybridized carbons (Fsp3) is 0.667. The Hall–Kier alpha value is -1.13. The van der Waals surface area contributed by atoms with E-state index in [0.29, 0.717) is 6.04 Å². The summed E-state index contributed by atoms with van der Waals surface area (Å²) < 4.78 is 0. The van der Waals surface area contributed by atoms with Crippen LogP contribution < -0.4 is 10.2 Å². The zero-order chi connectivity index (χ0) is 13.7. The van der Waals surface area contributed by atoms with Gasteiger partial charge in [-0.25, -0.2) is 4.98 Å². The molecule has 0 saturated carbocycles. The van der Waals surface area contributed by atoms with Gasteiger partial charge in [0.2, 0.25) is 0 Å². The molecule has 1 unspecified atom stereocenters. The van der Waals surface area contributed by atoms with Gasteiger partial charge in [0.15, 0.2) is 0 Å². The second kappa shape index (κ2) is 6.87. The SMILES string of the molecule is CCCNC(C)c1ccnc(N2CCC(O)CC2)c1. The summed E-state index contributed by atoms with van der Waals surface area (Å²) in [5.41, 5.74) is 1.28. The fourth-order valence-electron chi connectivity index (χ4n) is 2.45. The van der Waals surface area contributed by atoms with Gasteiger partial charge in [-0.2, -0.15) is 0 Å². The van der Waals surface area contributed by atoms with Gasteiger partial charge in [0.05, 0.1) is 6.10 Å². The Kier molecular flexibility index (Phi) is 5.16. The van der Waals surface area contributed by atoms with E-state index in [4.69, 9.17) is 0 Å². The minimum atomic E-state index is -0.135. The lowest BCUT2D eigenvalue weighted by Gasteiger charge is -2.31. The first-order valence-corrected chi connectivity index (χ1v) is 7.33. The van der Waals surface area contributed by atoms with Gasteiger partial charge in [0.25, 0.3) is 0 Å². The summed E-state index contributed by atoms with van der Waals surface area (Å²) in [5, 5.41) is 13.1. The maximum atomic E-state index is 9.56. The van der Waals surface area contributed by atoms with Crippen LogP contribution in [0.15, 0.2) is 18.3 Å². The van der Waals surface area contributed by atoms with E-state index in [-0.39, 0.29) is 6.10 Å². The van der Waals surface area contributed by atoms with E-state index in [1.165, 1.54) is 5.56 Å². The monoisotopic (exact) mass is 263 g/mol. The third-order valence-corrected chi connectivity index (χ3v) is 3.76. The van der Waals surface area contributed by atoms with Crippen LogP contribution in [0.2, 0.25) is 0 Å². The molecule has 1 aliphatic heterocycles. The molecule has 4 heteroatoms. The fourth-order valence-corrected chi connectivity index (χ4v) is 2.45. The summed E-state index contributed by atoms with van der Waals surface area (Å²) in [5.74, 6) is 1.04. The van der Waals surface area contributed by atoms with Gasteiger partial charge in [-0.05, 0) is 50.4 Å². The van der Waals surface area contributed by atoms with E-state index in [1.807, 2.05) is 6.20 Å². The first-order valence-electron chi connectivity index (χ1n) is 7.33. The van der Waals surface area contributed by atoms with Crippen molar-refractivity contribution in [1.82, 2.24) is 10.3 Å². The summed E-state index contributed by atoms with van der Waals surface area (Å²) in [4.78, 5) is 6.73. The average molecular weight is 263 g/mol. The predicted octanol–water partition coefficient (Wildman–Crippen LogP) is 2.10. The minimum absolute atomic E-state index is 0.135. The van der Waals surface area contributed by atoms with Crippen LogP contribution in [-0.4, -0.2) is 35.8 Å². The lowest BCUT2D eigenvalue weighted by atomic mass is 10.1. The Morgan fingerprint density at radius 2 is 2.21 bits per heavy atom. The highest BCUT2D eigenvalue weighted by atomic mass is 16.3. The lowest BCUT2D eigenvalue weighted by Crippen LogP contribution is -2.36. The van der Waals surface area contributed by atoms with Crippen LogP contribution in [0.25, 0.3) is 0 Å². The van der Waals surface area contributed by atoms with E-state index in [2.05, 4.69) is 41.2 Å². The van der Waals surface area contributed by atoms with Crippen LogP contribution in [-0.2, 0) is 0 Å². The highest BCUT2D eigenvalue weighted by molar-refractivity contribution is 5.42. The van der Waals surface area contributed by atoms with Crippen LogP contribution in [0.5, 0.6) is 0 Å². The lowest BCUT2D eigenvalue weighted by molar-refractivity contribution is 0.145. The molecule has 106 valence electrons. The number of pyridine rings is 1. The van der Waals surface area contributed by atoms with Crippen molar-refractivity contribution in [1.29, 1.82) is 0 Å². The Morgan fingerprint density at radius 3 is 2.89 bits per heavy atom. The molecule has 0 bridgehead atoms. The maximum absolute atomic E-state index is 9.56. The van der Waals surface area contributed by atoms with Crippen LogP contribution >= 0.6 is 0 Å². The first kappa shape index (κ1) is 14.3. The molecule has 4 nitrogen and oxygen atoms in total. The molecule has 2 heterocycles. The van der Waals surface area contributed by atoms with Crippen molar-refractivity contribution in [3.63, 3.8) is 0 Å². The number of piperidine rings is 1. The largest absolute Gasteiger partial charge is 0.393 e. The molecule has 2 N–H and O–H groups in total. The Labute approximate surface area is 115 Å². The molecule has 1 atom stereocenters. The Morgan fingerprint density at radius 1 is 1.47 bits per heavy atom. The van der Waals surface area contributed by atoms with Crippen LogP contribution in [0.1, 0.15) is 44.7 Å². The van der Waals surface area contributed by atoms with Gasteiger partial charge in [-0.15, -0.1) is 0 Å². The second-order valence-corrected chi connectivity index (χ2v) is 5.34. The molecule has 1 aromatic rings. The number of nitrogens with zero attached hydrogens (tertiary/aromatic N) is 2. The molecular weight excluding hydrogens is 238 g/mol. The van der Waals surface area contributed by atoms with Crippen molar-refractivity contribution in [2.75, 3.05) is 24.5 Å². The van der Waals surface area contributed by atoms with E-state index >= 15 is 0 Å². The zero-order valence-electron chi connectivity index (χ0n) is 12.0. The van der Waals surface area contributed by atoms with Crippen molar-refractivity contribution in [3.8, 4) is 0 Å². The Balaban J connectivity index is 2.02. The summed E-state index contributed by atoms with van der Waals surface area (Å²) >= 11 is 0. The van der Waals surface area contributed by atoms with Crippen molar-refractivity contribution in [2.24, 2.45) is 0 Å². The molecular formula is C15H25N3O. The molecule has 0 amide bonds. The molecule has 0 spiro atoms. The minimum Gasteiger partial charge on any atom is -0.393 e. The van der Waals surface area contributed by atoms with E-state index in [0.717, 1.165) is 44.7 Å². The smallest absolute Gasteiger partial charge is 0.128 e. The highest BCUT2D eigenvalue weighted by Gasteiger charge is 2.18. The van der Waals surface area contributed by atoms with Crippen LogP contribution in [0, 0.1) is 0 Å². The van der Waals surface area contributed by atoms with Crippen molar-refractivity contribution in [2.45, 2.75) is 45.3 Å². The number of aliphatic hydroxyl groups is 1. The number of rotatable bonds is 5. The van der Waals surface area contributed by atoms with Crippen molar-refractivity contribution in [3.05, 3.63) is 23.9 Å². The second-order valence-electron chi connectivity index (χ2n) is 5.34. The molecule has 0 radical (unpaired) electrons. The molecule has 1 aliphatic rings. The van der Waals surface area contributed by atoms with Gasteiger partial charge in [-0.3, -0.25) is 0 Å². The summed E-state index contributed by atoms with van der Waals surface area (Å²) in [6.45, 7) is 7.20. The topological polar surface area (TPSA) is 48.4 Å². The van der Waals surface area contributed by atoms with Gasteiger partial charge >= 0.3 is 0 Å². The summed E-state index contributed by atoms with van der Waals surface area (Å²) in [6, 6.07) is 4.61. The van der Waals surface area contributed by atoms with Gasteiger partial charge in [0.1, 0.15) is 5.82 Å². The maximum Gasteiger partial charge on any atom is 0.128 e. The number of hydrogen-bond acceptors (Lipinski definition) is 4. The van der Waals surface area contributed by atoms with Gasteiger partial charge < -0.3 is 15.3 Å². The number of hydrogen-bond donors (Lipinski definition) is 2. The van der Waals surface area contributed by atoms with Crippen molar-refractivity contribution < 1.29 is 5.11 Å². The quantitative estimate of drug-likeness (QED) is 0.854. The summed E-state index contributed by atoms with van der Waals surface area (Å²) in [7, 11) is 0. The zero-order valence-corrected chi connectivity index (χ0v) is 12.0. The normalized spacial score (nSPS) is 18.6. The number of nitrogens with one attached hydrogen (secondary N) is 1. The molecule has 19 heavy (non-hydrogen) atoms. The molecule has 1 fully saturated rings. The van der Waals surface area contributed by atoms with Crippen LogP contribution in [0.3, 0.4) is 0 Å². The van der Waals surface area contributed by atoms with E-state index in [1.54, 1.807) is 0 Å². The first-order chi connectivity index (χ1) is 9.20. The van der Waals surface area contributed by atoms with E-state index < -0.39 is 0 Å². The van der Waals surface area contributed by atoms with Crippen LogP contribution in [0.4, 0.5) is 5.82 Å². The van der Waals surface area contributed by atoms with Gasteiger partial charge in [-0.1, -0.05) is 6.92 Å².